The summed E-state index contributed by atoms with van der Waals surface area (Å²) < 4.78 is 0. The molecule has 4 heteroatoms. The molecule has 0 unspecified atom stereocenters. The first-order valence-electron chi connectivity index (χ1n) is 4.05. The van der Waals surface area contributed by atoms with Crippen LogP contribution in [-0.4, -0.2) is 29.9 Å². The van der Waals surface area contributed by atoms with E-state index in [1.807, 2.05) is 0 Å². The SMILES string of the molecule is C=CCON1CCC(=O)CC1=C=O. The summed E-state index contributed by atoms with van der Waals surface area (Å²) in [6.45, 7) is 4.25. The predicted octanol–water partition coefficient (Wildman–Crippen LogP) is 0.484. The fourth-order valence-electron chi connectivity index (χ4n) is 1.10. The van der Waals surface area contributed by atoms with E-state index in [4.69, 9.17) is 4.84 Å². The second kappa shape index (κ2) is 4.60. The Balaban J connectivity index is 2.58. The Morgan fingerprint density at radius 2 is 2.46 bits per heavy atom. The lowest BCUT2D eigenvalue weighted by Crippen LogP contribution is -2.32. The smallest absolute Gasteiger partial charge is 0.148 e. The molecule has 1 saturated heterocycles. The summed E-state index contributed by atoms with van der Waals surface area (Å²) in [6, 6.07) is 0. The molecule has 1 heterocycles. The molecule has 0 aromatic rings. The van der Waals surface area contributed by atoms with E-state index in [0.29, 0.717) is 19.6 Å². The van der Waals surface area contributed by atoms with Crippen molar-refractivity contribution < 1.29 is 14.4 Å². The van der Waals surface area contributed by atoms with E-state index >= 15 is 0 Å². The molecule has 0 spiro atoms. The van der Waals surface area contributed by atoms with Crippen molar-refractivity contribution in [3.05, 3.63) is 18.4 Å². The Kier molecular flexibility index (Phi) is 3.43. The summed E-state index contributed by atoms with van der Waals surface area (Å²) >= 11 is 0. The van der Waals surface area contributed by atoms with Crippen molar-refractivity contribution in [3.8, 4) is 0 Å². The zero-order valence-electron chi connectivity index (χ0n) is 7.28. The van der Waals surface area contributed by atoms with Gasteiger partial charge in [-0.1, -0.05) is 6.08 Å². The van der Waals surface area contributed by atoms with Gasteiger partial charge in [0.05, 0.1) is 19.6 Å². The number of piperidine rings is 1. The highest BCUT2D eigenvalue weighted by Crippen LogP contribution is 2.15. The predicted molar refractivity (Wildman–Crippen MR) is 46.3 cm³/mol. The fourth-order valence-corrected chi connectivity index (χ4v) is 1.10. The zero-order chi connectivity index (χ0) is 9.68. The first-order valence-corrected chi connectivity index (χ1v) is 4.05. The number of hydroxylamine groups is 2. The largest absolute Gasteiger partial charge is 0.299 e. The molecule has 0 amide bonds. The van der Waals surface area contributed by atoms with E-state index in [2.05, 4.69) is 6.58 Å². The van der Waals surface area contributed by atoms with Crippen molar-refractivity contribution in [1.82, 2.24) is 5.06 Å². The van der Waals surface area contributed by atoms with Crippen molar-refractivity contribution in [2.45, 2.75) is 12.8 Å². The molecule has 1 rings (SSSR count). The first-order chi connectivity index (χ1) is 6.27. The molecule has 0 aromatic heterocycles. The highest BCUT2D eigenvalue weighted by atomic mass is 16.7. The molecular formula is C9H11NO3. The average molecular weight is 181 g/mol. The average Bonchev–Trinajstić information content (AvgIpc) is 2.16. The number of nitrogens with zero attached hydrogens (tertiary/aromatic N) is 1. The van der Waals surface area contributed by atoms with Gasteiger partial charge in [0.15, 0.2) is 0 Å². The van der Waals surface area contributed by atoms with Gasteiger partial charge in [0.1, 0.15) is 17.4 Å². The highest BCUT2D eigenvalue weighted by Gasteiger charge is 2.21. The second-order valence-corrected chi connectivity index (χ2v) is 2.70. The minimum atomic E-state index is 0.0526. The van der Waals surface area contributed by atoms with E-state index in [0.717, 1.165) is 0 Å². The summed E-state index contributed by atoms with van der Waals surface area (Å²) in [6.07, 6.45) is 2.13. The van der Waals surface area contributed by atoms with Crippen LogP contribution >= 0.6 is 0 Å². The van der Waals surface area contributed by atoms with E-state index in [-0.39, 0.29) is 17.9 Å². The zero-order valence-corrected chi connectivity index (χ0v) is 7.28. The van der Waals surface area contributed by atoms with Crippen LogP contribution in [0.15, 0.2) is 18.4 Å². The first kappa shape index (κ1) is 9.71. The molecule has 1 aliphatic heterocycles. The van der Waals surface area contributed by atoms with Gasteiger partial charge in [0.2, 0.25) is 0 Å². The third-order valence-corrected chi connectivity index (χ3v) is 1.73. The lowest BCUT2D eigenvalue weighted by molar-refractivity contribution is -0.143. The molecule has 0 bridgehead atoms. The molecule has 1 fully saturated rings. The Hall–Kier alpha value is -1.38. The van der Waals surface area contributed by atoms with Crippen LogP contribution in [0.3, 0.4) is 0 Å². The maximum atomic E-state index is 10.9. The van der Waals surface area contributed by atoms with Gasteiger partial charge in [-0.15, -0.1) is 6.58 Å². The Morgan fingerprint density at radius 3 is 3.08 bits per heavy atom. The van der Waals surface area contributed by atoms with Gasteiger partial charge in [0, 0.05) is 6.42 Å². The number of allylic oxidation sites excluding steroid dienone is 1. The van der Waals surface area contributed by atoms with Gasteiger partial charge < -0.3 is 0 Å². The number of rotatable bonds is 3. The Labute approximate surface area is 76.4 Å². The van der Waals surface area contributed by atoms with E-state index in [1.54, 1.807) is 12.0 Å². The van der Waals surface area contributed by atoms with Gasteiger partial charge in [0.25, 0.3) is 0 Å². The summed E-state index contributed by atoms with van der Waals surface area (Å²) in [5.74, 6) is 1.76. The van der Waals surface area contributed by atoms with Crippen LogP contribution in [-0.2, 0) is 14.4 Å². The van der Waals surface area contributed by atoms with Crippen molar-refractivity contribution in [2.24, 2.45) is 0 Å². The van der Waals surface area contributed by atoms with Crippen LogP contribution in [0.1, 0.15) is 12.8 Å². The van der Waals surface area contributed by atoms with Crippen LogP contribution in [0.25, 0.3) is 0 Å². The molecule has 0 atom stereocenters. The molecule has 0 radical (unpaired) electrons. The number of hydrogen-bond donors (Lipinski definition) is 0. The van der Waals surface area contributed by atoms with Gasteiger partial charge in [-0.3, -0.25) is 9.63 Å². The van der Waals surface area contributed by atoms with Crippen LogP contribution in [0.2, 0.25) is 0 Å². The minimum absolute atomic E-state index is 0.0526. The number of Topliss-reactive ketones (excluding diaryl/α,β-unsaturated/α-hetero) is 1. The summed E-state index contributed by atoms with van der Waals surface area (Å²) in [5, 5.41) is 1.41. The maximum Gasteiger partial charge on any atom is 0.148 e. The number of carbonyl (C=O) groups excluding carboxylic acids is 2. The molecular weight excluding hydrogens is 170 g/mol. The van der Waals surface area contributed by atoms with E-state index in [9.17, 15) is 9.59 Å². The summed E-state index contributed by atoms with van der Waals surface area (Å²) in [7, 11) is 0. The van der Waals surface area contributed by atoms with Gasteiger partial charge in [-0.05, 0) is 0 Å². The molecule has 4 nitrogen and oxygen atoms in total. The summed E-state index contributed by atoms with van der Waals surface area (Å²) in [5.41, 5.74) is 0.276. The molecule has 13 heavy (non-hydrogen) atoms. The minimum Gasteiger partial charge on any atom is -0.299 e. The summed E-state index contributed by atoms with van der Waals surface area (Å²) in [4.78, 5) is 26.5. The van der Waals surface area contributed by atoms with Crippen molar-refractivity contribution in [1.29, 1.82) is 0 Å². The quantitative estimate of drug-likeness (QED) is 0.469. The highest BCUT2D eigenvalue weighted by molar-refractivity contribution is 5.84. The number of ketones is 1. The van der Waals surface area contributed by atoms with Gasteiger partial charge in [-0.25, -0.2) is 9.86 Å². The van der Waals surface area contributed by atoms with Gasteiger partial charge >= 0.3 is 0 Å². The molecule has 0 N–H and O–H groups in total. The van der Waals surface area contributed by atoms with Gasteiger partial charge in [-0.2, -0.15) is 0 Å². The maximum absolute atomic E-state index is 10.9. The third kappa shape index (κ3) is 2.54. The topological polar surface area (TPSA) is 46.6 Å². The molecule has 0 aliphatic carbocycles. The van der Waals surface area contributed by atoms with Crippen LogP contribution in [0.4, 0.5) is 0 Å². The van der Waals surface area contributed by atoms with Crippen LogP contribution in [0, 0.1) is 0 Å². The molecule has 0 saturated carbocycles. The number of hydrogen-bond acceptors (Lipinski definition) is 4. The standard InChI is InChI=1S/C9H11NO3/c1-2-5-13-10-4-3-9(12)6-8(10)7-11/h2H,1,3-6H2. The Bertz CT molecular complexity index is 264. The van der Waals surface area contributed by atoms with Crippen molar-refractivity contribution in [3.63, 3.8) is 0 Å². The number of carbonyl (C=O) groups is 1. The Morgan fingerprint density at radius 1 is 1.69 bits per heavy atom. The third-order valence-electron chi connectivity index (χ3n) is 1.73. The van der Waals surface area contributed by atoms with E-state index in [1.165, 1.54) is 5.06 Å². The van der Waals surface area contributed by atoms with Crippen LogP contribution in [0.5, 0.6) is 0 Å². The monoisotopic (exact) mass is 181 g/mol. The fraction of sp³-hybridized carbons (Fsp3) is 0.444. The lowest BCUT2D eigenvalue weighted by atomic mass is 10.1. The molecule has 1 aliphatic rings. The normalized spacial score (nSPS) is 17.1. The second-order valence-electron chi connectivity index (χ2n) is 2.70. The van der Waals surface area contributed by atoms with E-state index < -0.39 is 0 Å². The molecule has 70 valence electrons. The van der Waals surface area contributed by atoms with Crippen molar-refractivity contribution in [2.75, 3.05) is 13.2 Å². The van der Waals surface area contributed by atoms with Crippen molar-refractivity contribution >= 4 is 11.7 Å². The van der Waals surface area contributed by atoms with Crippen LogP contribution < -0.4 is 0 Å². The molecule has 0 aromatic carbocycles. The lowest BCUT2D eigenvalue weighted by Gasteiger charge is -2.26.